The van der Waals surface area contributed by atoms with E-state index in [1.165, 1.54) is 29.5 Å². The number of hydrogen-bond donors (Lipinski definition) is 0. The van der Waals surface area contributed by atoms with Crippen LogP contribution < -0.4 is 0 Å². The Morgan fingerprint density at radius 2 is 1.90 bits per heavy atom. The molecule has 0 aliphatic rings. The Morgan fingerprint density at radius 1 is 1.15 bits per heavy atom. The third kappa shape index (κ3) is 2.54. The van der Waals surface area contributed by atoms with Crippen molar-refractivity contribution in [2.75, 3.05) is 0 Å². The van der Waals surface area contributed by atoms with Gasteiger partial charge < -0.3 is 0 Å². The number of nitrogens with zero attached hydrogens (tertiary/aromatic N) is 2. The van der Waals surface area contributed by atoms with Crippen molar-refractivity contribution in [1.29, 1.82) is 0 Å². The Labute approximate surface area is 119 Å². The van der Waals surface area contributed by atoms with E-state index in [4.69, 9.17) is 0 Å². The maximum Gasteiger partial charge on any atom is 0.264 e. The number of hydrogen-bond acceptors (Lipinski definition) is 2. The standard InChI is InChI=1S/C15H12F2N2S/c1-10-2-4-12(5-3-10)20-14-9-11(15(16)17)8-13-18-6-7-19(13)14/h2-9,15H,1H3. The molecule has 0 saturated carbocycles. The van der Waals surface area contributed by atoms with Crippen LogP contribution in [-0.2, 0) is 0 Å². The Kier molecular flexibility index (Phi) is 3.44. The number of halogens is 2. The van der Waals surface area contributed by atoms with Crippen molar-refractivity contribution in [1.82, 2.24) is 9.38 Å². The summed E-state index contributed by atoms with van der Waals surface area (Å²) in [5.74, 6) is 0. The molecule has 0 radical (unpaired) electrons. The molecule has 0 aliphatic heterocycles. The van der Waals surface area contributed by atoms with Crippen molar-refractivity contribution < 1.29 is 8.78 Å². The predicted octanol–water partition coefficient (Wildman–Crippen LogP) is 4.73. The van der Waals surface area contributed by atoms with Crippen molar-refractivity contribution >= 4 is 17.4 Å². The summed E-state index contributed by atoms with van der Waals surface area (Å²) in [7, 11) is 0. The quantitative estimate of drug-likeness (QED) is 0.693. The Morgan fingerprint density at radius 3 is 2.60 bits per heavy atom. The first-order chi connectivity index (χ1) is 9.63. The lowest BCUT2D eigenvalue weighted by Crippen LogP contribution is -1.93. The van der Waals surface area contributed by atoms with Crippen LogP contribution >= 0.6 is 11.8 Å². The summed E-state index contributed by atoms with van der Waals surface area (Å²) in [6.45, 7) is 2.01. The Hall–Kier alpha value is -1.88. The number of aromatic nitrogens is 2. The van der Waals surface area contributed by atoms with Crippen molar-refractivity contribution in [2.45, 2.75) is 23.3 Å². The molecule has 0 unspecified atom stereocenters. The van der Waals surface area contributed by atoms with Crippen LogP contribution in [-0.4, -0.2) is 9.38 Å². The molecular weight excluding hydrogens is 278 g/mol. The van der Waals surface area contributed by atoms with Crippen LogP contribution in [0.5, 0.6) is 0 Å². The van der Waals surface area contributed by atoms with E-state index in [2.05, 4.69) is 4.98 Å². The molecule has 102 valence electrons. The minimum absolute atomic E-state index is 0.00156. The highest BCUT2D eigenvalue weighted by molar-refractivity contribution is 7.99. The van der Waals surface area contributed by atoms with Crippen LogP contribution in [0, 0.1) is 6.92 Å². The normalized spacial score (nSPS) is 11.4. The van der Waals surface area contributed by atoms with Gasteiger partial charge in [-0.3, -0.25) is 4.40 Å². The first-order valence-electron chi connectivity index (χ1n) is 6.13. The van der Waals surface area contributed by atoms with Gasteiger partial charge in [0, 0.05) is 22.9 Å². The van der Waals surface area contributed by atoms with E-state index >= 15 is 0 Å². The zero-order valence-electron chi connectivity index (χ0n) is 10.8. The number of fused-ring (bicyclic) bond motifs is 1. The van der Waals surface area contributed by atoms with Crippen LogP contribution in [0.25, 0.3) is 5.65 Å². The van der Waals surface area contributed by atoms with Gasteiger partial charge in [0.05, 0.1) is 5.03 Å². The fourth-order valence-electron chi connectivity index (χ4n) is 1.94. The van der Waals surface area contributed by atoms with Gasteiger partial charge in [-0.05, 0) is 31.2 Å². The molecule has 0 N–H and O–H groups in total. The maximum atomic E-state index is 12.9. The SMILES string of the molecule is Cc1ccc(Sc2cc(C(F)F)cc3nccn23)cc1. The Bertz CT molecular complexity index is 735. The number of rotatable bonds is 3. The molecular formula is C15H12F2N2S. The molecule has 0 aliphatic carbocycles. The Balaban J connectivity index is 2.05. The van der Waals surface area contributed by atoms with E-state index in [0.29, 0.717) is 5.65 Å². The van der Waals surface area contributed by atoms with Crippen LogP contribution in [0.4, 0.5) is 8.78 Å². The minimum atomic E-state index is -2.49. The molecule has 0 saturated heterocycles. The summed E-state index contributed by atoms with van der Waals surface area (Å²) >= 11 is 1.45. The fourth-order valence-corrected chi connectivity index (χ4v) is 2.90. The molecule has 5 heteroatoms. The molecule has 0 spiro atoms. The minimum Gasteiger partial charge on any atom is -0.294 e. The lowest BCUT2D eigenvalue weighted by molar-refractivity contribution is 0.151. The summed E-state index contributed by atoms with van der Waals surface area (Å²) in [5, 5.41) is 0.735. The van der Waals surface area contributed by atoms with E-state index < -0.39 is 6.43 Å². The summed E-state index contributed by atoms with van der Waals surface area (Å²) < 4.78 is 27.7. The molecule has 0 fully saturated rings. The second-order valence-corrected chi connectivity index (χ2v) is 5.59. The molecule has 2 heterocycles. The van der Waals surface area contributed by atoms with Gasteiger partial charge in [0.15, 0.2) is 0 Å². The van der Waals surface area contributed by atoms with E-state index in [1.807, 2.05) is 35.6 Å². The monoisotopic (exact) mass is 290 g/mol. The zero-order chi connectivity index (χ0) is 14.1. The van der Waals surface area contributed by atoms with Gasteiger partial charge in [0.1, 0.15) is 5.65 Å². The topological polar surface area (TPSA) is 17.3 Å². The second-order valence-electron chi connectivity index (χ2n) is 4.50. The van der Waals surface area contributed by atoms with E-state index in [9.17, 15) is 8.78 Å². The van der Waals surface area contributed by atoms with Crippen molar-refractivity contribution in [3.8, 4) is 0 Å². The number of benzene rings is 1. The summed E-state index contributed by atoms with van der Waals surface area (Å²) in [5.41, 5.74) is 1.71. The van der Waals surface area contributed by atoms with Gasteiger partial charge in [0.2, 0.25) is 0 Å². The average molecular weight is 290 g/mol. The first kappa shape index (κ1) is 13.1. The van der Waals surface area contributed by atoms with Crippen LogP contribution in [0.1, 0.15) is 17.6 Å². The highest BCUT2D eigenvalue weighted by atomic mass is 32.2. The molecule has 2 aromatic heterocycles. The molecule has 0 amide bonds. The summed E-state index contributed by atoms with van der Waals surface area (Å²) in [4.78, 5) is 5.11. The van der Waals surface area contributed by atoms with Crippen molar-refractivity contribution in [3.63, 3.8) is 0 Å². The molecule has 3 rings (SSSR count). The zero-order valence-corrected chi connectivity index (χ0v) is 11.6. The van der Waals surface area contributed by atoms with E-state index in [1.54, 1.807) is 12.4 Å². The summed E-state index contributed by atoms with van der Waals surface area (Å²) in [6.07, 6.45) is 0.902. The third-order valence-electron chi connectivity index (χ3n) is 2.99. The van der Waals surface area contributed by atoms with Gasteiger partial charge in [-0.15, -0.1) is 0 Å². The number of pyridine rings is 1. The smallest absolute Gasteiger partial charge is 0.264 e. The van der Waals surface area contributed by atoms with Gasteiger partial charge >= 0.3 is 0 Å². The molecule has 2 nitrogen and oxygen atoms in total. The fraction of sp³-hybridized carbons (Fsp3) is 0.133. The van der Waals surface area contributed by atoms with E-state index in [-0.39, 0.29) is 5.56 Å². The number of alkyl halides is 2. The van der Waals surface area contributed by atoms with Gasteiger partial charge in [-0.1, -0.05) is 29.5 Å². The lowest BCUT2D eigenvalue weighted by atomic mass is 10.2. The second kappa shape index (κ2) is 5.25. The molecule has 20 heavy (non-hydrogen) atoms. The number of aryl methyl sites for hydroxylation is 1. The average Bonchev–Trinajstić information content (AvgIpc) is 2.89. The molecule has 0 atom stereocenters. The van der Waals surface area contributed by atoms with Crippen LogP contribution in [0.15, 0.2) is 58.7 Å². The van der Waals surface area contributed by atoms with Gasteiger partial charge in [-0.2, -0.15) is 0 Å². The third-order valence-corrected chi connectivity index (χ3v) is 4.02. The maximum absolute atomic E-state index is 12.9. The number of imidazole rings is 1. The van der Waals surface area contributed by atoms with Crippen molar-refractivity contribution in [3.05, 3.63) is 59.9 Å². The molecule has 1 aromatic carbocycles. The van der Waals surface area contributed by atoms with Gasteiger partial charge in [0.25, 0.3) is 6.43 Å². The van der Waals surface area contributed by atoms with Gasteiger partial charge in [-0.25, -0.2) is 13.8 Å². The first-order valence-corrected chi connectivity index (χ1v) is 6.95. The van der Waals surface area contributed by atoms with Crippen LogP contribution in [0.3, 0.4) is 0 Å². The van der Waals surface area contributed by atoms with Crippen molar-refractivity contribution in [2.24, 2.45) is 0 Å². The molecule has 0 bridgehead atoms. The molecule has 3 aromatic rings. The largest absolute Gasteiger partial charge is 0.294 e. The predicted molar refractivity (Wildman–Crippen MR) is 75.5 cm³/mol. The van der Waals surface area contributed by atoms with Crippen LogP contribution in [0.2, 0.25) is 0 Å². The highest BCUT2D eigenvalue weighted by Crippen LogP contribution is 2.31. The summed E-state index contributed by atoms with van der Waals surface area (Å²) in [6, 6.07) is 10.9. The lowest BCUT2D eigenvalue weighted by Gasteiger charge is -2.08. The highest BCUT2D eigenvalue weighted by Gasteiger charge is 2.12. The van der Waals surface area contributed by atoms with E-state index in [0.717, 1.165) is 9.92 Å².